The van der Waals surface area contributed by atoms with Gasteiger partial charge in [0, 0.05) is 25.2 Å². The number of benzene rings is 2. The van der Waals surface area contributed by atoms with Gasteiger partial charge in [-0.1, -0.05) is 24.3 Å². The van der Waals surface area contributed by atoms with Crippen LogP contribution in [0, 0.1) is 0 Å². The quantitative estimate of drug-likeness (QED) is 0.663. The number of ether oxygens (including phenoxy) is 1. The van der Waals surface area contributed by atoms with Crippen molar-refractivity contribution in [3.63, 3.8) is 0 Å². The van der Waals surface area contributed by atoms with Crippen molar-refractivity contribution >= 4 is 16.8 Å². The maximum absolute atomic E-state index is 12.8. The maximum atomic E-state index is 12.8. The molecule has 0 aliphatic carbocycles. The highest BCUT2D eigenvalue weighted by molar-refractivity contribution is 5.96. The van der Waals surface area contributed by atoms with E-state index in [1.165, 1.54) is 14.2 Å². The molecule has 1 aromatic heterocycles. The summed E-state index contributed by atoms with van der Waals surface area (Å²) in [5, 5.41) is 1.53. The summed E-state index contributed by atoms with van der Waals surface area (Å²) in [6.07, 6.45) is 1.59. The monoisotopic (exact) mass is 352 g/mol. The molecule has 6 heteroatoms. The van der Waals surface area contributed by atoms with Gasteiger partial charge >= 0.3 is 0 Å². The Bertz CT molecular complexity index is 1010. The van der Waals surface area contributed by atoms with E-state index in [1.54, 1.807) is 25.4 Å². The molecule has 0 unspecified atom stereocenters. The number of para-hydroxylation sites is 1. The zero-order valence-electron chi connectivity index (χ0n) is 14.9. The standard InChI is InChI=1S/C20H20N2O4/c1-21(26-3)20(24)17-13-22(12-14-7-6-8-15(11-14)25-2)18-10-5-4-9-16(18)19(17)23/h4-11,13H,12H2,1-3H3. The van der Waals surface area contributed by atoms with Crippen molar-refractivity contribution in [2.45, 2.75) is 6.54 Å². The van der Waals surface area contributed by atoms with Gasteiger partial charge in [0.25, 0.3) is 5.91 Å². The Balaban J connectivity index is 2.16. The number of nitrogens with zero attached hydrogens (tertiary/aromatic N) is 2. The first-order valence-corrected chi connectivity index (χ1v) is 8.12. The molecule has 6 nitrogen and oxygen atoms in total. The second kappa shape index (κ2) is 7.41. The van der Waals surface area contributed by atoms with Crippen LogP contribution in [0.2, 0.25) is 0 Å². The molecule has 0 N–H and O–H groups in total. The molecule has 134 valence electrons. The predicted octanol–water partition coefficient (Wildman–Crippen LogP) is 2.69. The molecule has 1 heterocycles. The van der Waals surface area contributed by atoms with Crippen molar-refractivity contribution in [3.8, 4) is 5.75 Å². The average Bonchev–Trinajstić information content (AvgIpc) is 2.69. The summed E-state index contributed by atoms with van der Waals surface area (Å²) in [5.41, 5.74) is 1.51. The number of aromatic nitrogens is 1. The largest absolute Gasteiger partial charge is 0.497 e. The normalized spacial score (nSPS) is 10.7. The smallest absolute Gasteiger partial charge is 0.282 e. The molecule has 1 amide bonds. The van der Waals surface area contributed by atoms with Gasteiger partial charge in [0.05, 0.1) is 19.7 Å². The van der Waals surface area contributed by atoms with E-state index in [9.17, 15) is 9.59 Å². The van der Waals surface area contributed by atoms with Crippen LogP contribution in [0.4, 0.5) is 0 Å². The minimum Gasteiger partial charge on any atom is -0.497 e. The SMILES string of the molecule is COc1cccc(Cn2cc(C(=O)N(C)OC)c(=O)c3ccccc32)c1. The molecule has 26 heavy (non-hydrogen) atoms. The van der Waals surface area contributed by atoms with Crippen LogP contribution in [-0.2, 0) is 11.4 Å². The van der Waals surface area contributed by atoms with Gasteiger partial charge in [-0.2, -0.15) is 0 Å². The van der Waals surface area contributed by atoms with Gasteiger partial charge in [-0.25, -0.2) is 5.06 Å². The lowest BCUT2D eigenvalue weighted by molar-refractivity contribution is -0.0758. The zero-order valence-corrected chi connectivity index (χ0v) is 14.9. The number of amides is 1. The Morgan fingerprint density at radius 1 is 1.12 bits per heavy atom. The van der Waals surface area contributed by atoms with Crippen molar-refractivity contribution in [3.05, 3.63) is 76.1 Å². The van der Waals surface area contributed by atoms with Crippen LogP contribution in [0.25, 0.3) is 10.9 Å². The van der Waals surface area contributed by atoms with E-state index < -0.39 is 5.91 Å². The van der Waals surface area contributed by atoms with Crippen LogP contribution in [0.3, 0.4) is 0 Å². The van der Waals surface area contributed by atoms with E-state index in [2.05, 4.69) is 0 Å². The fourth-order valence-electron chi connectivity index (χ4n) is 2.85. The van der Waals surface area contributed by atoms with Crippen molar-refractivity contribution in [1.82, 2.24) is 9.63 Å². The van der Waals surface area contributed by atoms with Crippen molar-refractivity contribution < 1.29 is 14.4 Å². The molecule has 0 bridgehead atoms. The van der Waals surface area contributed by atoms with E-state index in [0.717, 1.165) is 21.9 Å². The molecule has 0 saturated heterocycles. The topological polar surface area (TPSA) is 60.8 Å². The molecular weight excluding hydrogens is 332 g/mol. The van der Waals surface area contributed by atoms with E-state index in [4.69, 9.17) is 9.57 Å². The molecule has 0 radical (unpaired) electrons. The lowest BCUT2D eigenvalue weighted by Crippen LogP contribution is -2.31. The first-order valence-electron chi connectivity index (χ1n) is 8.12. The maximum Gasteiger partial charge on any atom is 0.282 e. The molecule has 2 aromatic carbocycles. The number of hydroxylamine groups is 2. The summed E-state index contributed by atoms with van der Waals surface area (Å²) in [6.45, 7) is 0.495. The Hall–Kier alpha value is -3.12. The van der Waals surface area contributed by atoms with Gasteiger partial charge in [0.15, 0.2) is 0 Å². The second-order valence-corrected chi connectivity index (χ2v) is 5.85. The predicted molar refractivity (Wildman–Crippen MR) is 99.4 cm³/mol. The fraction of sp³-hybridized carbons (Fsp3) is 0.200. The van der Waals surface area contributed by atoms with Crippen molar-refractivity contribution in [2.75, 3.05) is 21.3 Å². The molecule has 3 aromatic rings. The third-order valence-electron chi connectivity index (χ3n) is 4.27. The fourth-order valence-corrected chi connectivity index (χ4v) is 2.85. The van der Waals surface area contributed by atoms with Gasteiger partial charge in [-0.05, 0) is 29.8 Å². The molecule has 0 spiro atoms. The summed E-state index contributed by atoms with van der Waals surface area (Å²) in [7, 11) is 4.47. The van der Waals surface area contributed by atoms with Crippen LogP contribution >= 0.6 is 0 Å². The molecular formula is C20H20N2O4. The molecule has 0 fully saturated rings. The first-order chi connectivity index (χ1) is 12.5. The van der Waals surface area contributed by atoms with Crippen LogP contribution in [0.15, 0.2) is 59.5 Å². The van der Waals surface area contributed by atoms with Gasteiger partial charge < -0.3 is 9.30 Å². The lowest BCUT2D eigenvalue weighted by Gasteiger charge is -2.17. The number of hydrogen-bond acceptors (Lipinski definition) is 4. The third kappa shape index (κ3) is 3.32. The Morgan fingerprint density at radius 2 is 1.88 bits per heavy atom. The highest BCUT2D eigenvalue weighted by Gasteiger charge is 2.19. The van der Waals surface area contributed by atoms with Crippen LogP contribution < -0.4 is 10.2 Å². The van der Waals surface area contributed by atoms with Crippen molar-refractivity contribution in [1.29, 1.82) is 0 Å². The Kier molecular flexibility index (Phi) is 5.04. The van der Waals surface area contributed by atoms with E-state index in [-0.39, 0.29) is 11.0 Å². The average molecular weight is 352 g/mol. The Labute approximate surface area is 151 Å². The van der Waals surface area contributed by atoms with Crippen LogP contribution in [0.1, 0.15) is 15.9 Å². The van der Waals surface area contributed by atoms with Crippen LogP contribution in [-0.4, -0.2) is 36.8 Å². The molecule has 0 saturated carbocycles. The highest BCUT2D eigenvalue weighted by atomic mass is 16.7. The third-order valence-corrected chi connectivity index (χ3v) is 4.27. The number of rotatable bonds is 5. The number of pyridine rings is 1. The highest BCUT2D eigenvalue weighted by Crippen LogP contribution is 2.18. The van der Waals surface area contributed by atoms with Gasteiger partial charge in [-0.3, -0.25) is 14.4 Å². The second-order valence-electron chi connectivity index (χ2n) is 5.85. The van der Waals surface area contributed by atoms with E-state index in [1.807, 2.05) is 41.0 Å². The summed E-state index contributed by atoms with van der Waals surface area (Å²) >= 11 is 0. The summed E-state index contributed by atoms with van der Waals surface area (Å²) in [6, 6.07) is 14.9. The minimum atomic E-state index is -0.484. The minimum absolute atomic E-state index is 0.0657. The number of hydrogen-bond donors (Lipinski definition) is 0. The summed E-state index contributed by atoms with van der Waals surface area (Å²) in [4.78, 5) is 30.2. The number of fused-ring (bicyclic) bond motifs is 1. The van der Waals surface area contributed by atoms with E-state index >= 15 is 0 Å². The van der Waals surface area contributed by atoms with Gasteiger partial charge in [0.2, 0.25) is 5.43 Å². The van der Waals surface area contributed by atoms with E-state index in [0.29, 0.717) is 11.9 Å². The molecule has 3 rings (SSSR count). The number of methoxy groups -OCH3 is 1. The van der Waals surface area contributed by atoms with Crippen LogP contribution in [0.5, 0.6) is 5.75 Å². The molecule has 0 aliphatic heterocycles. The van der Waals surface area contributed by atoms with Crippen molar-refractivity contribution in [2.24, 2.45) is 0 Å². The van der Waals surface area contributed by atoms with Gasteiger partial charge in [0.1, 0.15) is 11.3 Å². The summed E-state index contributed by atoms with van der Waals surface area (Å²) < 4.78 is 7.16. The number of carbonyl (C=O) groups is 1. The zero-order chi connectivity index (χ0) is 18.7. The Morgan fingerprint density at radius 3 is 2.62 bits per heavy atom. The summed E-state index contributed by atoms with van der Waals surface area (Å²) in [5.74, 6) is 0.269. The number of carbonyl (C=O) groups excluding carboxylic acids is 1. The lowest BCUT2D eigenvalue weighted by atomic mass is 10.1. The molecule has 0 aliphatic rings. The van der Waals surface area contributed by atoms with Gasteiger partial charge in [-0.15, -0.1) is 0 Å². The first kappa shape index (κ1) is 17.7. The molecule has 0 atom stereocenters.